The van der Waals surface area contributed by atoms with E-state index in [-0.39, 0.29) is 11.4 Å². The first-order valence-corrected chi connectivity index (χ1v) is 6.90. The highest BCUT2D eigenvalue weighted by atomic mass is 16.5. The number of aryl methyl sites for hydroxylation is 1. The van der Waals surface area contributed by atoms with Crippen molar-refractivity contribution in [3.05, 3.63) is 38.7 Å². The normalized spacial score (nSPS) is 16.3. The van der Waals surface area contributed by atoms with Gasteiger partial charge >= 0.3 is 5.63 Å². The molecular weight excluding hydrogens is 268 g/mol. The summed E-state index contributed by atoms with van der Waals surface area (Å²) in [5.41, 5.74) is 2.53. The van der Waals surface area contributed by atoms with E-state index in [9.17, 15) is 9.90 Å². The zero-order valence-electron chi connectivity index (χ0n) is 12.8. The lowest BCUT2D eigenvalue weighted by molar-refractivity contribution is 0.147. The topological polar surface area (TPSA) is 59.7 Å². The van der Waals surface area contributed by atoms with Crippen LogP contribution in [0, 0.1) is 13.8 Å². The van der Waals surface area contributed by atoms with Crippen LogP contribution in [-0.4, -0.2) is 10.7 Å². The van der Waals surface area contributed by atoms with Crippen molar-refractivity contribution in [2.75, 3.05) is 0 Å². The molecule has 0 aliphatic carbocycles. The summed E-state index contributed by atoms with van der Waals surface area (Å²) >= 11 is 0. The van der Waals surface area contributed by atoms with Gasteiger partial charge in [-0.05, 0) is 51.8 Å². The fourth-order valence-electron chi connectivity index (χ4n) is 2.56. The first-order valence-electron chi connectivity index (χ1n) is 6.90. The fraction of sp³-hybridized carbons (Fsp3) is 0.353. The summed E-state index contributed by atoms with van der Waals surface area (Å²) in [5, 5.41) is 11.0. The van der Waals surface area contributed by atoms with E-state index < -0.39 is 5.60 Å². The number of phenolic OH excluding ortho intramolecular Hbond substituents is 1. The Morgan fingerprint density at radius 1 is 1.14 bits per heavy atom. The second-order valence-corrected chi connectivity index (χ2v) is 6.09. The summed E-state index contributed by atoms with van der Waals surface area (Å²) in [5.74, 6) is 0.628. The van der Waals surface area contributed by atoms with Crippen molar-refractivity contribution >= 4 is 17.0 Å². The summed E-state index contributed by atoms with van der Waals surface area (Å²) < 4.78 is 11.4. The molecule has 2 heterocycles. The van der Waals surface area contributed by atoms with Crippen molar-refractivity contribution < 1.29 is 14.3 Å². The van der Waals surface area contributed by atoms with E-state index >= 15 is 0 Å². The van der Waals surface area contributed by atoms with Gasteiger partial charge in [-0.3, -0.25) is 0 Å². The van der Waals surface area contributed by atoms with E-state index in [2.05, 4.69) is 0 Å². The molecule has 0 spiro atoms. The Balaban J connectivity index is 2.50. The number of hydrogen-bond donors (Lipinski definition) is 1. The molecule has 2 aromatic rings. The Bertz CT molecular complexity index is 853. The van der Waals surface area contributed by atoms with Gasteiger partial charge in [0.1, 0.15) is 22.7 Å². The number of rotatable bonds is 0. The maximum absolute atomic E-state index is 11.8. The molecular formula is C17H18O4. The maximum atomic E-state index is 11.8. The lowest BCUT2D eigenvalue weighted by Gasteiger charge is -2.33. The number of ether oxygens (including phenoxy) is 1. The first kappa shape index (κ1) is 13.7. The summed E-state index contributed by atoms with van der Waals surface area (Å²) in [7, 11) is 0. The van der Waals surface area contributed by atoms with Gasteiger partial charge < -0.3 is 14.3 Å². The average molecular weight is 286 g/mol. The molecule has 0 radical (unpaired) electrons. The van der Waals surface area contributed by atoms with Gasteiger partial charge in [0.05, 0.1) is 10.9 Å². The highest BCUT2D eigenvalue weighted by molar-refractivity contribution is 5.94. The Morgan fingerprint density at radius 2 is 1.81 bits per heavy atom. The van der Waals surface area contributed by atoms with Crippen LogP contribution in [0.5, 0.6) is 11.5 Å². The molecule has 21 heavy (non-hydrogen) atoms. The quantitative estimate of drug-likeness (QED) is 0.750. The van der Waals surface area contributed by atoms with Crippen molar-refractivity contribution in [2.24, 2.45) is 0 Å². The molecule has 1 aromatic heterocycles. The van der Waals surface area contributed by atoms with Crippen molar-refractivity contribution in [1.82, 2.24) is 0 Å². The number of phenols is 1. The van der Waals surface area contributed by atoms with Gasteiger partial charge in [-0.15, -0.1) is 0 Å². The molecule has 1 aliphatic rings. The summed E-state index contributed by atoms with van der Waals surface area (Å²) in [4.78, 5) is 11.8. The van der Waals surface area contributed by atoms with Crippen molar-refractivity contribution in [2.45, 2.75) is 40.2 Å². The van der Waals surface area contributed by atoms with Gasteiger partial charge in [-0.2, -0.15) is 0 Å². The van der Waals surface area contributed by atoms with E-state index in [0.29, 0.717) is 22.5 Å². The average Bonchev–Trinajstić information content (AvgIpc) is 2.38. The molecule has 4 nitrogen and oxygen atoms in total. The second kappa shape index (κ2) is 4.13. The molecule has 0 amide bonds. The third kappa shape index (κ3) is 1.86. The molecule has 0 saturated heterocycles. The molecule has 0 atom stereocenters. The molecule has 0 saturated carbocycles. The minimum Gasteiger partial charge on any atom is -0.507 e. The van der Waals surface area contributed by atoms with E-state index in [1.54, 1.807) is 6.92 Å². The monoisotopic (exact) mass is 286 g/mol. The van der Waals surface area contributed by atoms with Gasteiger partial charge in [0, 0.05) is 11.6 Å². The van der Waals surface area contributed by atoms with Crippen LogP contribution in [-0.2, 0) is 0 Å². The van der Waals surface area contributed by atoms with Crippen molar-refractivity contribution in [3.8, 4) is 11.5 Å². The van der Waals surface area contributed by atoms with Crippen LogP contribution in [0.25, 0.3) is 17.0 Å². The lowest BCUT2D eigenvalue weighted by atomic mass is 9.91. The van der Waals surface area contributed by atoms with Crippen LogP contribution in [0.4, 0.5) is 0 Å². The van der Waals surface area contributed by atoms with Crippen LogP contribution in [0.2, 0.25) is 0 Å². The van der Waals surface area contributed by atoms with Crippen LogP contribution in [0.1, 0.15) is 37.5 Å². The van der Waals surface area contributed by atoms with E-state index in [0.717, 1.165) is 16.5 Å². The van der Waals surface area contributed by atoms with E-state index in [4.69, 9.17) is 9.15 Å². The SMILES string of the molecule is CC1=Cc2c(O)cc3oc(=O)c(C)c(C)c3c2OC1(C)C. The van der Waals surface area contributed by atoms with E-state index in [1.165, 1.54) is 6.07 Å². The number of hydrogen-bond acceptors (Lipinski definition) is 4. The molecule has 0 bridgehead atoms. The number of aromatic hydroxyl groups is 1. The third-order valence-electron chi connectivity index (χ3n) is 4.38. The van der Waals surface area contributed by atoms with Crippen LogP contribution in [0.15, 0.2) is 20.9 Å². The smallest absolute Gasteiger partial charge is 0.339 e. The standard InChI is InChI=1S/C17H18O4/c1-8-6-11-12(18)7-13-14(15(11)21-17(8,4)5)9(2)10(3)16(19)20-13/h6-7,18H,1-5H3. The zero-order chi connectivity index (χ0) is 15.5. The van der Waals surface area contributed by atoms with Crippen LogP contribution >= 0.6 is 0 Å². The highest BCUT2D eigenvalue weighted by Crippen LogP contribution is 2.45. The van der Waals surface area contributed by atoms with Crippen molar-refractivity contribution in [3.63, 3.8) is 0 Å². The van der Waals surface area contributed by atoms with E-state index in [1.807, 2.05) is 33.8 Å². The minimum atomic E-state index is -0.468. The van der Waals surface area contributed by atoms with Gasteiger partial charge in [-0.1, -0.05) is 0 Å². The van der Waals surface area contributed by atoms with Gasteiger partial charge in [0.2, 0.25) is 0 Å². The van der Waals surface area contributed by atoms with Gasteiger partial charge in [0.25, 0.3) is 0 Å². The predicted molar refractivity (Wildman–Crippen MR) is 82.0 cm³/mol. The van der Waals surface area contributed by atoms with Gasteiger partial charge in [-0.25, -0.2) is 4.79 Å². The maximum Gasteiger partial charge on any atom is 0.339 e. The molecule has 110 valence electrons. The largest absolute Gasteiger partial charge is 0.507 e. The summed E-state index contributed by atoms with van der Waals surface area (Å²) in [6.45, 7) is 9.51. The number of benzene rings is 1. The first-order chi connectivity index (χ1) is 9.72. The van der Waals surface area contributed by atoms with Crippen molar-refractivity contribution in [1.29, 1.82) is 0 Å². The Kier molecular flexibility index (Phi) is 2.70. The minimum absolute atomic E-state index is 0.0544. The lowest BCUT2D eigenvalue weighted by Crippen LogP contribution is -2.32. The van der Waals surface area contributed by atoms with Crippen LogP contribution in [0.3, 0.4) is 0 Å². The molecule has 1 aromatic carbocycles. The Labute approximate surface area is 122 Å². The fourth-order valence-corrected chi connectivity index (χ4v) is 2.56. The molecule has 1 N–H and O–H groups in total. The van der Waals surface area contributed by atoms with Crippen LogP contribution < -0.4 is 10.4 Å². The second-order valence-electron chi connectivity index (χ2n) is 6.09. The summed E-state index contributed by atoms with van der Waals surface area (Å²) in [6.07, 6.45) is 1.92. The molecule has 4 heteroatoms. The predicted octanol–water partition coefficient (Wildman–Crippen LogP) is 3.69. The number of fused-ring (bicyclic) bond motifs is 3. The Morgan fingerprint density at radius 3 is 2.48 bits per heavy atom. The molecule has 0 unspecified atom stereocenters. The molecule has 3 rings (SSSR count). The zero-order valence-corrected chi connectivity index (χ0v) is 12.8. The Hall–Kier alpha value is -2.23. The third-order valence-corrected chi connectivity index (χ3v) is 4.38. The van der Waals surface area contributed by atoms with Gasteiger partial charge in [0.15, 0.2) is 0 Å². The highest BCUT2D eigenvalue weighted by Gasteiger charge is 2.31. The molecule has 1 aliphatic heterocycles. The summed E-state index contributed by atoms with van der Waals surface area (Å²) in [6, 6.07) is 1.48. The molecule has 0 fully saturated rings.